The minimum Gasteiger partial charge on any atom is -0.307 e. The van der Waals surface area contributed by atoms with Gasteiger partial charge in [-0.1, -0.05) is 17.7 Å². The second-order valence-electron chi connectivity index (χ2n) is 5.31. The van der Waals surface area contributed by atoms with E-state index in [2.05, 4.69) is 15.3 Å². The number of rotatable bonds is 1. The van der Waals surface area contributed by atoms with Gasteiger partial charge in [0.2, 0.25) is 0 Å². The molecule has 0 bridgehead atoms. The second-order valence-corrected chi connectivity index (χ2v) is 5.75. The summed E-state index contributed by atoms with van der Waals surface area (Å²) in [5, 5.41) is 4.41. The molecule has 6 nitrogen and oxygen atoms in total. The Kier molecular flexibility index (Phi) is 3.12. The number of halogens is 1. The van der Waals surface area contributed by atoms with Crippen molar-refractivity contribution in [1.29, 1.82) is 0 Å². The molecule has 0 unspecified atom stereocenters. The zero-order valence-corrected chi connectivity index (χ0v) is 12.7. The van der Waals surface area contributed by atoms with Crippen molar-refractivity contribution >= 4 is 35.0 Å². The van der Waals surface area contributed by atoms with Gasteiger partial charge in [-0.3, -0.25) is 4.90 Å². The maximum Gasteiger partial charge on any atom is 0.368 e. The van der Waals surface area contributed by atoms with Crippen LogP contribution in [0.1, 0.15) is 5.56 Å². The van der Waals surface area contributed by atoms with Gasteiger partial charge in [0, 0.05) is 17.3 Å². The lowest BCUT2D eigenvalue weighted by atomic mass is 10.2. The Labute approximate surface area is 136 Å². The highest BCUT2D eigenvalue weighted by atomic mass is 35.5. The van der Waals surface area contributed by atoms with E-state index >= 15 is 0 Å². The van der Waals surface area contributed by atoms with Gasteiger partial charge in [-0.15, -0.1) is 0 Å². The van der Waals surface area contributed by atoms with E-state index in [1.54, 1.807) is 29.2 Å². The molecule has 4 amide bonds. The van der Waals surface area contributed by atoms with Gasteiger partial charge in [-0.05, 0) is 42.3 Å². The van der Waals surface area contributed by atoms with Crippen molar-refractivity contribution < 1.29 is 9.59 Å². The maximum absolute atomic E-state index is 12.5. The zero-order chi connectivity index (χ0) is 16.0. The van der Waals surface area contributed by atoms with E-state index in [1.165, 1.54) is 0 Å². The van der Waals surface area contributed by atoms with Crippen LogP contribution in [0.15, 0.2) is 46.4 Å². The molecule has 23 heavy (non-hydrogen) atoms. The van der Waals surface area contributed by atoms with E-state index < -0.39 is 6.03 Å². The smallest absolute Gasteiger partial charge is 0.307 e. The topological polar surface area (TPSA) is 74.1 Å². The van der Waals surface area contributed by atoms with Crippen molar-refractivity contribution in [2.45, 2.75) is 6.42 Å². The third-order valence-electron chi connectivity index (χ3n) is 3.85. The van der Waals surface area contributed by atoms with Crippen molar-refractivity contribution in [3.05, 3.63) is 57.7 Å². The van der Waals surface area contributed by atoms with Gasteiger partial charge in [0.05, 0.1) is 16.4 Å². The van der Waals surface area contributed by atoms with Crippen LogP contribution in [0.5, 0.6) is 0 Å². The molecule has 2 aromatic carbocycles. The first kappa shape index (κ1) is 13.9. The molecule has 0 saturated heterocycles. The number of carbonyl (C=O) groups excluding carboxylic acids is 2. The molecule has 1 N–H and O–H groups in total. The van der Waals surface area contributed by atoms with Crippen LogP contribution in [0.3, 0.4) is 0 Å². The summed E-state index contributed by atoms with van der Waals surface area (Å²) in [6.07, 6.45) is 0.798. The van der Waals surface area contributed by atoms with Crippen LogP contribution < -0.4 is 20.9 Å². The second kappa shape index (κ2) is 5.17. The number of urea groups is 2. The summed E-state index contributed by atoms with van der Waals surface area (Å²) in [5.74, 6) is 0. The minimum absolute atomic E-state index is 0.243. The molecular formula is C16H11ClN4O2. The minimum atomic E-state index is -0.522. The number of hydrogen-bond acceptors (Lipinski definition) is 2. The average molecular weight is 327 g/mol. The molecule has 0 aliphatic carbocycles. The van der Waals surface area contributed by atoms with Crippen LogP contribution in [-0.2, 0) is 6.42 Å². The summed E-state index contributed by atoms with van der Waals surface area (Å²) in [7, 11) is 0. The van der Waals surface area contributed by atoms with E-state index in [0.29, 0.717) is 28.0 Å². The molecule has 2 aliphatic heterocycles. The first-order valence-electron chi connectivity index (χ1n) is 7.08. The Morgan fingerprint density at radius 2 is 1.96 bits per heavy atom. The lowest BCUT2D eigenvalue weighted by Crippen LogP contribution is -2.34. The van der Waals surface area contributed by atoms with Crippen LogP contribution in [0, 0.1) is 0 Å². The first-order chi connectivity index (χ1) is 11.1. The number of amides is 4. The van der Waals surface area contributed by atoms with Crippen LogP contribution in [0.4, 0.5) is 21.0 Å². The lowest BCUT2D eigenvalue weighted by Gasteiger charge is -2.18. The van der Waals surface area contributed by atoms with Crippen molar-refractivity contribution in [2.24, 2.45) is 9.98 Å². The zero-order valence-electron chi connectivity index (χ0n) is 11.9. The predicted octanol–water partition coefficient (Wildman–Crippen LogP) is 2.31. The SMILES string of the molecule is O=C1N=c2ccc(NC(=O)N3CCc4ccc(Cl)cc43)cc2=N1. The Hall–Kier alpha value is -2.73. The molecule has 7 heteroatoms. The van der Waals surface area contributed by atoms with Crippen molar-refractivity contribution in [3.63, 3.8) is 0 Å². The van der Waals surface area contributed by atoms with Gasteiger partial charge in [0.15, 0.2) is 0 Å². The lowest BCUT2D eigenvalue weighted by molar-refractivity contribution is 0.256. The summed E-state index contributed by atoms with van der Waals surface area (Å²) in [6.45, 7) is 0.602. The number of benzene rings is 2. The summed E-state index contributed by atoms with van der Waals surface area (Å²) in [6, 6.07) is 9.78. The highest BCUT2D eigenvalue weighted by Crippen LogP contribution is 2.31. The highest BCUT2D eigenvalue weighted by Gasteiger charge is 2.25. The monoisotopic (exact) mass is 326 g/mol. The van der Waals surface area contributed by atoms with E-state index in [4.69, 9.17) is 11.6 Å². The fourth-order valence-electron chi connectivity index (χ4n) is 2.77. The highest BCUT2D eigenvalue weighted by molar-refractivity contribution is 6.31. The summed E-state index contributed by atoms with van der Waals surface area (Å²) in [4.78, 5) is 32.9. The van der Waals surface area contributed by atoms with E-state index in [1.807, 2.05) is 12.1 Å². The summed E-state index contributed by atoms with van der Waals surface area (Å²) >= 11 is 6.02. The maximum atomic E-state index is 12.5. The molecule has 114 valence electrons. The van der Waals surface area contributed by atoms with Crippen molar-refractivity contribution in [1.82, 2.24) is 0 Å². The van der Waals surface area contributed by atoms with Crippen LogP contribution >= 0.6 is 11.6 Å². The standard InChI is InChI=1S/C16H11ClN4O2/c17-10-2-1-9-5-6-21(14(9)7-10)16(23)18-11-3-4-12-13(8-11)20-15(22)19-12/h1-4,7-8H,5-6H2,(H,18,23). The fourth-order valence-corrected chi connectivity index (χ4v) is 2.94. The average Bonchev–Trinajstić information content (AvgIpc) is 3.08. The van der Waals surface area contributed by atoms with Gasteiger partial charge >= 0.3 is 12.1 Å². The normalized spacial score (nSPS) is 14.8. The van der Waals surface area contributed by atoms with Crippen LogP contribution in [0.25, 0.3) is 0 Å². The molecular weight excluding hydrogens is 316 g/mol. The number of anilines is 2. The molecule has 2 aliphatic rings. The third kappa shape index (κ3) is 2.47. The quantitative estimate of drug-likeness (QED) is 0.873. The molecule has 4 rings (SSSR count). The summed E-state index contributed by atoms with van der Waals surface area (Å²) < 4.78 is 0. The Morgan fingerprint density at radius 1 is 1.13 bits per heavy atom. The molecule has 0 aromatic heterocycles. The Morgan fingerprint density at radius 3 is 2.83 bits per heavy atom. The third-order valence-corrected chi connectivity index (χ3v) is 4.08. The number of nitrogens with one attached hydrogen (secondary N) is 1. The van der Waals surface area contributed by atoms with E-state index in [9.17, 15) is 9.59 Å². The van der Waals surface area contributed by atoms with Crippen LogP contribution in [0.2, 0.25) is 5.02 Å². The molecule has 2 aromatic rings. The van der Waals surface area contributed by atoms with Gasteiger partial charge < -0.3 is 5.32 Å². The van der Waals surface area contributed by atoms with Crippen molar-refractivity contribution in [2.75, 3.05) is 16.8 Å². The van der Waals surface area contributed by atoms with E-state index in [-0.39, 0.29) is 6.03 Å². The largest absolute Gasteiger partial charge is 0.368 e. The number of hydrogen-bond donors (Lipinski definition) is 1. The van der Waals surface area contributed by atoms with Gasteiger partial charge in [0.1, 0.15) is 0 Å². The van der Waals surface area contributed by atoms with Gasteiger partial charge in [-0.2, -0.15) is 9.98 Å². The molecule has 0 radical (unpaired) electrons. The van der Waals surface area contributed by atoms with Gasteiger partial charge in [-0.25, -0.2) is 9.59 Å². The molecule has 0 atom stereocenters. The van der Waals surface area contributed by atoms with Crippen LogP contribution in [-0.4, -0.2) is 18.6 Å². The first-order valence-corrected chi connectivity index (χ1v) is 7.46. The number of nitrogens with zero attached hydrogens (tertiary/aromatic N) is 3. The molecule has 0 spiro atoms. The van der Waals surface area contributed by atoms with Crippen molar-refractivity contribution in [3.8, 4) is 0 Å². The summed E-state index contributed by atoms with van der Waals surface area (Å²) in [5.41, 5.74) is 2.49. The van der Waals surface area contributed by atoms with E-state index in [0.717, 1.165) is 17.7 Å². The predicted molar refractivity (Wildman–Crippen MR) is 85.7 cm³/mol. The Bertz CT molecular complexity index is 971. The number of fused-ring (bicyclic) bond motifs is 2. The molecule has 2 heterocycles. The fraction of sp³-hybridized carbons (Fsp3) is 0.125. The molecule has 0 fully saturated rings. The molecule has 0 saturated carbocycles. The van der Waals surface area contributed by atoms with Gasteiger partial charge in [0.25, 0.3) is 0 Å². The Balaban J connectivity index is 1.60. The number of carbonyl (C=O) groups is 2.